The SMILES string of the molecule is O=C(O)c1cc(Br)ccc1Oc1ncncc1Br. The molecule has 2 aromatic rings. The average molecular weight is 374 g/mol. The largest absolute Gasteiger partial charge is 0.478 e. The van der Waals surface area contributed by atoms with E-state index >= 15 is 0 Å². The summed E-state index contributed by atoms with van der Waals surface area (Å²) in [6, 6.07) is 4.71. The number of ether oxygens (including phenoxy) is 1. The van der Waals surface area contributed by atoms with Gasteiger partial charge in [0.2, 0.25) is 5.88 Å². The van der Waals surface area contributed by atoms with Crippen molar-refractivity contribution in [2.45, 2.75) is 0 Å². The van der Waals surface area contributed by atoms with Gasteiger partial charge in [0.25, 0.3) is 0 Å². The van der Waals surface area contributed by atoms with Crippen molar-refractivity contribution >= 4 is 37.8 Å². The fourth-order valence-electron chi connectivity index (χ4n) is 1.24. The highest BCUT2D eigenvalue weighted by molar-refractivity contribution is 9.10. The summed E-state index contributed by atoms with van der Waals surface area (Å²) in [5, 5.41) is 9.09. The molecular weight excluding hydrogens is 368 g/mol. The van der Waals surface area contributed by atoms with E-state index in [4.69, 9.17) is 9.84 Å². The Morgan fingerprint density at radius 3 is 2.78 bits per heavy atom. The van der Waals surface area contributed by atoms with E-state index in [1.165, 1.54) is 18.6 Å². The summed E-state index contributed by atoms with van der Waals surface area (Å²) >= 11 is 6.43. The van der Waals surface area contributed by atoms with Crippen LogP contribution in [0.1, 0.15) is 10.4 Å². The fourth-order valence-corrected chi connectivity index (χ4v) is 1.90. The molecule has 0 fully saturated rings. The minimum absolute atomic E-state index is 0.0508. The van der Waals surface area contributed by atoms with Crippen LogP contribution in [0.3, 0.4) is 0 Å². The van der Waals surface area contributed by atoms with Crippen LogP contribution in [0.5, 0.6) is 11.6 Å². The maximum Gasteiger partial charge on any atom is 0.339 e. The summed E-state index contributed by atoms with van der Waals surface area (Å²) in [6.07, 6.45) is 2.83. The maximum absolute atomic E-state index is 11.1. The molecule has 1 aromatic carbocycles. The predicted molar refractivity (Wildman–Crippen MR) is 70.9 cm³/mol. The van der Waals surface area contributed by atoms with Crippen LogP contribution in [0.4, 0.5) is 0 Å². The average Bonchev–Trinajstić information content (AvgIpc) is 2.34. The summed E-state index contributed by atoms with van der Waals surface area (Å²) in [5.41, 5.74) is 0.0508. The van der Waals surface area contributed by atoms with Crippen LogP contribution in [0.15, 0.2) is 39.7 Å². The van der Waals surface area contributed by atoms with Crippen molar-refractivity contribution in [2.75, 3.05) is 0 Å². The van der Waals surface area contributed by atoms with Gasteiger partial charge in [0.15, 0.2) is 0 Å². The third-order valence-corrected chi connectivity index (χ3v) is 3.05. The third-order valence-electron chi connectivity index (χ3n) is 2.01. The Hall–Kier alpha value is -1.47. The first kappa shape index (κ1) is 13.0. The number of aromatic nitrogens is 2. The summed E-state index contributed by atoms with van der Waals surface area (Å²) < 4.78 is 6.66. The van der Waals surface area contributed by atoms with E-state index in [0.29, 0.717) is 8.95 Å². The van der Waals surface area contributed by atoms with E-state index < -0.39 is 5.97 Å². The number of carboxylic acids is 1. The third kappa shape index (κ3) is 2.85. The normalized spacial score (nSPS) is 10.1. The Bertz CT molecular complexity index is 605. The lowest BCUT2D eigenvalue weighted by atomic mass is 10.2. The van der Waals surface area contributed by atoms with Crippen molar-refractivity contribution in [1.82, 2.24) is 9.97 Å². The smallest absolute Gasteiger partial charge is 0.339 e. The fraction of sp³-hybridized carbons (Fsp3) is 0. The molecule has 0 atom stereocenters. The molecule has 0 radical (unpaired) electrons. The van der Waals surface area contributed by atoms with E-state index in [1.54, 1.807) is 12.1 Å². The zero-order valence-electron chi connectivity index (χ0n) is 8.80. The van der Waals surface area contributed by atoms with Crippen LogP contribution >= 0.6 is 31.9 Å². The number of hydrogen-bond donors (Lipinski definition) is 1. The van der Waals surface area contributed by atoms with Crippen LogP contribution in [-0.4, -0.2) is 21.0 Å². The highest BCUT2D eigenvalue weighted by atomic mass is 79.9. The van der Waals surface area contributed by atoms with Gasteiger partial charge in [0, 0.05) is 10.7 Å². The molecule has 1 heterocycles. The Labute approximate surface area is 119 Å². The van der Waals surface area contributed by atoms with E-state index in [1.807, 2.05) is 0 Å². The van der Waals surface area contributed by atoms with Gasteiger partial charge >= 0.3 is 5.97 Å². The summed E-state index contributed by atoms with van der Waals surface area (Å²) in [7, 11) is 0. The monoisotopic (exact) mass is 372 g/mol. The molecule has 0 aliphatic heterocycles. The lowest BCUT2D eigenvalue weighted by molar-refractivity contribution is 0.0694. The number of hydrogen-bond acceptors (Lipinski definition) is 4. The Balaban J connectivity index is 2.41. The molecule has 0 spiro atoms. The van der Waals surface area contributed by atoms with Gasteiger partial charge in [-0.2, -0.15) is 0 Å². The molecule has 0 bridgehead atoms. The molecule has 7 heteroatoms. The first-order valence-electron chi connectivity index (χ1n) is 4.74. The van der Waals surface area contributed by atoms with Crippen LogP contribution in [0.25, 0.3) is 0 Å². The topological polar surface area (TPSA) is 72.3 Å². The minimum Gasteiger partial charge on any atom is -0.478 e. The Morgan fingerprint density at radius 1 is 1.33 bits per heavy atom. The number of rotatable bonds is 3. The summed E-state index contributed by atoms with van der Waals surface area (Å²) in [4.78, 5) is 18.8. The molecule has 92 valence electrons. The van der Waals surface area contributed by atoms with Gasteiger partial charge in [-0.1, -0.05) is 15.9 Å². The molecule has 1 aromatic heterocycles. The summed E-state index contributed by atoms with van der Waals surface area (Å²) in [5.74, 6) is -0.601. The van der Waals surface area contributed by atoms with Crippen molar-refractivity contribution in [3.05, 3.63) is 45.2 Å². The second-order valence-corrected chi connectivity index (χ2v) is 4.99. The van der Waals surface area contributed by atoms with Crippen LogP contribution in [0.2, 0.25) is 0 Å². The van der Waals surface area contributed by atoms with Crippen molar-refractivity contribution in [3.8, 4) is 11.6 Å². The lowest BCUT2D eigenvalue weighted by Gasteiger charge is -2.08. The molecule has 0 saturated carbocycles. The predicted octanol–water partition coefficient (Wildman–Crippen LogP) is 3.49. The number of halogens is 2. The highest BCUT2D eigenvalue weighted by Gasteiger charge is 2.14. The van der Waals surface area contributed by atoms with Crippen molar-refractivity contribution < 1.29 is 14.6 Å². The van der Waals surface area contributed by atoms with Gasteiger partial charge in [-0.15, -0.1) is 0 Å². The molecule has 18 heavy (non-hydrogen) atoms. The molecule has 0 aliphatic carbocycles. The quantitative estimate of drug-likeness (QED) is 0.891. The second kappa shape index (κ2) is 5.45. The van der Waals surface area contributed by atoms with Crippen molar-refractivity contribution in [2.24, 2.45) is 0 Å². The number of benzene rings is 1. The first-order valence-corrected chi connectivity index (χ1v) is 6.32. The van der Waals surface area contributed by atoms with E-state index in [0.717, 1.165) is 0 Å². The maximum atomic E-state index is 11.1. The summed E-state index contributed by atoms with van der Waals surface area (Å²) in [6.45, 7) is 0. The molecule has 0 amide bonds. The lowest BCUT2D eigenvalue weighted by Crippen LogP contribution is -2.01. The Morgan fingerprint density at radius 2 is 2.11 bits per heavy atom. The molecular formula is C11H6Br2N2O3. The molecule has 5 nitrogen and oxygen atoms in total. The van der Waals surface area contributed by atoms with Gasteiger partial charge in [0.05, 0.1) is 4.47 Å². The Kier molecular flexibility index (Phi) is 3.93. The number of carboxylic acid groups (broad SMARTS) is 1. The van der Waals surface area contributed by atoms with E-state index in [-0.39, 0.29) is 17.2 Å². The first-order chi connectivity index (χ1) is 8.58. The zero-order valence-corrected chi connectivity index (χ0v) is 12.0. The van der Waals surface area contributed by atoms with Gasteiger partial charge in [-0.3, -0.25) is 0 Å². The van der Waals surface area contributed by atoms with Crippen molar-refractivity contribution in [3.63, 3.8) is 0 Å². The van der Waals surface area contributed by atoms with Crippen LogP contribution < -0.4 is 4.74 Å². The highest BCUT2D eigenvalue weighted by Crippen LogP contribution is 2.30. The van der Waals surface area contributed by atoms with Crippen molar-refractivity contribution in [1.29, 1.82) is 0 Å². The molecule has 0 saturated heterocycles. The number of carbonyl (C=O) groups is 1. The van der Waals surface area contributed by atoms with Gasteiger partial charge in [-0.05, 0) is 34.1 Å². The number of aromatic carboxylic acids is 1. The van der Waals surface area contributed by atoms with Gasteiger partial charge < -0.3 is 9.84 Å². The van der Waals surface area contributed by atoms with Gasteiger partial charge in [0.1, 0.15) is 17.6 Å². The molecule has 0 unspecified atom stereocenters. The molecule has 0 aliphatic rings. The number of nitrogens with zero attached hydrogens (tertiary/aromatic N) is 2. The second-order valence-electron chi connectivity index (χ2n) is 3.22. The van der Waals surface area contributed by atoms with Crippen LogP contribution in [0, 0.1) is 0 Å². The minimum atomic E-state index is -1.07. The standard InChI is InChI=1S/C11H6Br2N2O3/c12-6-1-2-9(7(3-6)11(16)17)18-10-8(13)4-14-5-15-10/h1-5H,(H,16,17). The zero-order chi connectivity index (χ0) is 13.1. The molecule has 1 N–H and O–H groups in total. The van der Waals surface area contributed by atoms with Gasteiger partial charge in [-0.25, -0.2) is 14.8 Å². The van der Waals surface area contributed by atoms with E-state index in [9.17, 15) is 4.79 Å². The van der Waals surface area contributed by atoms with Crippen LogP contribution in [-0.2, 0) is 0 Å². The van der Waals surface area contributed by atoms with E-state index in [2.05, 4.69) is 41.8 Å². The molecule has 2 rings (SSSR count).